The normalized spacial score (nSPS) is 13.5. The fraction of sp³-hybridized carbons (Fsp3) is 0.588. The molecule has 0 radical (unpaired) electrons. The highest BCUT2D eigenvalue weighted by molar-refractivity contribution is 5.68. The van der Waals surface area contributed by atoms with E-state index in [0.717, 1.165) is 5.56 Å². The highest BCUT2D eigenvalue weighted by Gasteiger charge is 2.23. The highest BCUT2D eigenvalue weighted by Crippen LogP contribution is 2.15. The number of ether oxygens (including phenoxy) is 1. The zero-order valence-electron chi connectivity index (χ0n) is 14.1. The standard InChI is InChI=1S/C17H28N2O3/c1-16(2,3)22-15(21)19-14(11-18-17(4,5)12-20)13-9-7-6-8-10-13/h6-10,14,18,20H,11-12H2,1-5H3,(H,19,21)/t14-/m0/s1. The van der Waals surface area contributed by atoms with Crippen molar-refractivity contribution in [3.63, 3.8) is 0 Å². The number of hydrogen-bond donors (Lipinski definition) is 3. The fourth-order valence-electron chi connectivity index (χ4n) is 1.82. The topological polar surface area (TPSA) is 70.6 Å². The third-order valence-electron chi connectivity index (χ3n) is 3.07. The van der Waals surface area contributed by atoms with Crippen LogP contribution in [-0.2, 0) is 4.74 Å². The lowest BCUT2D eigenvalue weighted by Crippen LogP contribution is -2.47. The predicted molar refractivity (Wildman–Crippen MR) is 87.7 cm³/mol. The lowest BCUT2D eigenvalue weighted by atomic mass is 10.0. The molecule has 1 aromatic carbocycles. The molecule has 124 valence electrons. The summed E-state index contributed by atoms with van der Waals surface area (Å²) in [4.78, 5) is 12.0. The summed E-state index contributed by atoms with van der Waals surface area (Å²) in [5.41, 5.74) is 0.0285. The first-order valence-corrected chi connectivity index (χ1v) is 7.53. The molecule has 0 bridgehead atoms. The molecular formula is C17H28N2O3. The van der Waals surface area contributed by atoms with Crippen LogP contribution >= 0.6 is 0 Å². The first kappa shape index (κ1) is 18.5. The lowest BCUT2D eigenvalue weighted by Gasteiger charge is -2.29. The van der Waals surface area contributed by atoms with Crippen molar-refractivity contribution < 1.29 is 14.6 Å². The van der Waals surface area contributed by atoms with Crippen molar-refractivity contribution in [1.29, 1.82) is 0 Å². The number of aliphatic hydroxyl groups is 1. The maximum absolute atomic E-state index is 12.0. The Labute approximate surface area is 133 Å². The monoisotopic (exact) mass is 308 g/mol. The number of carbonyl (C=O) groups is 1. The van der Waals surface area contributed by atoms with Crippen molar-refractivity contribution >= 4 is 6.09 Å². The van der Waals surface area contributed by atoms with Gasteiger partial charge >= 0.3 is 6.09 Å². The van der Waals surface area contributed by atoms with Crippen molar-refractivity contribution in [3.05, 3.63) is 35.9 Å². The van der Waals surface area contributed by atoms with Gasteiger partial charge in [-0.2, -0.15) is 0 Å². The molecule has 5 nitrogen and oxygen atoms in total. The second-order valence-corrected chi connectivity index (χ2v) is 7.03. The molecular weight excluding hydrogens is 280 g/mol. The Bertz CT molecular complexity index is 467. The lowest BCUT2D eigenvalue weighted by molar-refractivity contribution is 0.0499. The SMILES string of the molecule is CC(C)(CO)NC[C@H](NC(=O)OC(C)(C)C)c1ccccc1. The molecule has 0 spiro atoms. The maximum Gasteiger partial charge on any atom is 0.408 e. The number of nitrogens with one attached hydrogen (secondary N) is 2. The van der Waals surface area contributed by atoms with E-state index in [4.69, 9.17) is 4.74 Å². The van der Waals surface area contributed by atoms with Crippen LogP contribution in [0.5, 0.6) is 0 Å². The molecule has 1 rings (SSSR count). The molecule has 1 amide bonds. The molecule has 5 heteroatoms. The number of amides is 1. The van der Waals surface area contributed by atoms with Gasteiger partial charge in [-0.05, 0) is 40.2 Å². The molecule has 0 aliphatic carbocycles. The molecule has 0 saturated heterocycles. The predicted octanol–water partition coefficient (Wildman–Crippen LogP) is 2.61. The molecule has 0 saturated carbocycles. The summed E-state index contributed by atoms with van der Waals surface area (Å²) in [7, 11) is 0. The quantitative estimate of drug-likeness (QED) is 0.755. The van der Waals surface area contributed by atoms with E-state index in [2.05, 4.69) is 10.6 Å². The van der Waals surface area contributed by atoms with Crippen LogP contribution < -0.4 is 10.6 Å². The Hall–Kier alpha value is -1.59. The zero-order valence-corrected chi connectivity index (χ0v) is 14.1. The van der Waals surface area contributed by atoms with E-state index in [1.54, 1.807) is 0 Å². The van der Waals surface area contributed by atoms with E-state index in [-0.39, 0.29) is 12.6 Å². The van der Waals surface area contributed by atoms with Gasteiger partial charge in [0, 0.05) is 12.1 Å². The molecule has 3 N–H and O–H groups in total. The summed E-state index contributed by atoms with van der Waals surface area (Å²) in [5.74, 6) is 0. The molecule has 0 aromatic heterocycles. The van der Waals surface area contributed by atoms with Crippen molar-refractivity contribution in [2.45, 2.75) is 51.8 Å². The van der Waals surface area contributed by atoms with E-state index >= 15 is 0 Å². The summed E-state index contributed by atoms with van der Waals surface area (Å²) in [6, 6.07) is 9.46. The third-order valence-corrected chi connectivity index (χ3v) is 3.07. The van der Waals surface area contributed by atoms with E-state index in [0.29, 0.717) is 6.54 Å². The van der Waals surface area contributed by atoms with E-state index < -0.39 is 17.2 Å². The summed E-state index contributed by atoms with van der Waals surface area (Å²) in [6.45, 7) is 9.81. The van der Waals surface area contributed by atoms with Crippen LogP contribution in [0.15, 0.2) is 30.3 Å². The largest absolute Gasteiger partial charge is 0.444 e. The molecule has 0 fully saturated rings. The van der Waals surface area contributed by atoms with Gasteiger partial charge in [-0.3, -0.25) is 0 Å². The van der Waals surface area contributed by atoms with Crippen molar-refractivity contribution in [2.24, 2.45) is 0 Å². The molecule has 0 aliphatic rings. The maximum atomic E-state index is 12.0. The number of alkyl carbamates (subject to hydrolysis) is 1. The Morgan fingerprint density at radius 3 is 2.27 bits per heavy atom. The van der Waals surface area contributed by atoms with Crippen molar-refractivity contribution in [1.82, 2.24) is 10.6 Å². The summed E-state index contributed by atoms with van der Waals surface area (Å²) >= 11 is 0. The van der Waals surface area contributed by atoms with Gasteiger partial charge in [0.05, 0.1) is 12.6 Å². The Kier molecular flexibility index (Phi) is 6.38. The van der Waals surface area contributed by atoms with Gasteiger partial charge in [-0.15, -0.1) is 0 Å². The van der Waals surface area contributed by atoms with Gasteiger partial charge < -0.3 is 20.5 Å². The van der Waals surface area contributed by atoms with Crippen LogP contribution in [0.25, 0.3) is 0 Å². The first-order valence-electron chi connectivity index (χ1n) is 7.53. The summed E-state index contributed by atoms with van der Waals surface area (Å²) in [5, 5.41) is 15.5. The smallest absolute Gasteiger partial charge is 0.408 e. The second kappa shape index (κ2) is 7.61. The summed E-state index contributed by atoms with van der Waals surface area (Å²) < 4.78 is 5.32. The average Bonchev–Trinajstić information content (AvgIpc) is 2.42. The minimum absolute atomic E-state index is 0.0148. The number of carbonyl (C=O) groups excluding carboxylic acids is 1. The van der Waals surface area contributed by atoms with Gasteiger partial charge in [-0.25, -0.2) is 4.79 Å². The van der Waals surface area contributed by atoms with Crippen LogP contribution in [-0.4, -0.2) is 35.5 Å². The number of hydrogen-bond acceptors (Lipinski definition) is 4. The molecule has 0 heterocycles. The molecule has 1 aromatic rings. The Morgan fingerprint density at radius 1 is 1.18 bits per heavy atom. The van der Waals surface area contributed by atoms with Crippen LogP contribution in [0, 0.1) is 0 Å². The minimum Gasteiger partial charge on any atom is -0.444 e. The van der Waals surface area contributed by atoms with Crippen molar-refractivity contribution in [3.8, 4) is 0 Å². The van der Waals surface area contributed by atoms with E-state index in [1.165, 1.54) is 0 Å². The first-order chi connectivity index (χ1) is 10.1. The molecule has 1 atom stereocenters. The number of rotatable bonds is 6. The fourth-order valence-corrected chi connectivity index (χ4v) is 1.82. The second-order valence-electron chi connectivity index (χ2n) is 7.03. The van der Waals surface area contributed by atoms with E-state index in [1.807, 2.05) is 65.0 Å². The Morgan fingerprint density at radius 2 is 1.77 bits per heavy atom. The third kappa shape index (κ3) is 6.91. The average molecular weight is 308 g/mol. The van der Waals surface area contributed by atoms with E-state index in [9.17, 15) is 9.90 Å². The van der Waals surface area contributed by atoms with Gasteiger partial charge in [0.25, 0.3) is 0 Å². The van der Waals surface area contributed by atoms with Crippen LogP contribution in [0.3, 0.4) is 0 Å². The number of aliphatic hydroxyl groups excluding tert-OH is 1. The summed E-state index contributed by atoms with van der Waals surface area (Å²) in [6.07, 6.45) is -0.454. The molecule has 0 aliphatic heterocycles. The van der Waals surface area contributed by atoms with Crippen LogP contribution in [0.1, 0.15) is 46.2 Å². The minimum atomic E-state index is -0.539. The number of benzene rings is 1. The molecule has 22 heavy (non-hydrogen) atoms. The Balaban J connectivity index is 2.77. The van der Waals surface area contributed by atoms with Gasteiger partial charge in [0.1, 0.15) is 5.60 Å². The van der Waals surface area contributed by atoms with Gasteiger partial charge in [0.2, 0.25) is 0 Å². The zero-order chi connectivity index (χ0) is 16.8. The highest BCUT2D eigenvalue weighted by atomic mass is 16.6. The van der Waals surface area contributed by atoms with Gasteiger partial charge in [0.15, 0.2) is 0 Å². The van der Waals surface area contributed by atoms with Crippen molar-refractivity contribution in [2.75, 3.05) is 13.2 Å². The molecule has 0 unspecified atom stereocenters. The van der Waals surface area contributed by atoms with Crippen LogP contribution in [0.4, 0.5) is 4.79 Å². The van der Waals surface area contributed by atoms with Crippen LogP contribution in [0.2, 0.25) is 0 Å². The van der Waals surface area contributed by atoms with Gasteiger partial charge in [-0.1, -0.05) is 30.3 Å².